The maximum Gasteiger partial charge on any atom is 0.310 e. The van der Waals surface area contributed by atoms with Crippen molar-refractivity contribution in [3.63, 3.8) is 0 Å². The predicted molar refractivity (Wildman–Crippen MR) is 67.2 cm³/mol. The van der Waals surface area contributed by atoms with Crippen molar-refractivity contribution in [1.82, 2.24) is 4.90 Å². The Kier molecular flexibility index (Phi) is 4.73. The summed E-state index contributed by atoms with van der Waals surface area (Å²) >= 11 is 0. The molecule has 2 atom stereocenters. The molecule has 0 radical (unpaired) electrons. The number of ether oxygens (including phenoxy) is 1. The summed E-state index contributed by atoms with van der Waals surface area (Å²) in [4.78, 5) is 25.3. The van der Waals surface area contributed by atoms with Crippen molar-refractivity contribution in [2.45, 2.75) is 40.2 Å². The first-order valence-electron chi connectivity index (χ1n) is 6.39. The zero-order chi connectivity index (χ0) is 13.9. The number of morpholine rings is 1. The summed E-state index contributed by atoms with van der Waals surface area (Å²) in [7, 11) is 0. The van der Waals surface area contributed by atoms with Gasteiger partial charge in [0.1, 0.15) is 0 Å². The van der Waals surface area contributed by atoms with Crippen LogP contribution in [0.3, 0.4) is 0 Å². The van der Waals surface area contributed by atoms with Crippen LogP contribution in [0.25, 0.3) is 0 Å². The predicted octanol–water partition coefficient (Wildman–Crippen LogP) is 1.37. The van der Waals surface area contributed by atoms with Crippen LogP contribution in [0.1, 0.15) is 34.1 Å². The molecule has 1 heterocycles. The van der Waals surface area contributed by atoms with E-state index in [9.17, 15) is 14.7 Å². The molecule has 1 rings (SSSR count). The van der Waals surface area contributed by atoms with E-state index in [0.29, 0.717) is 19.8 Å². The molecule has 1 aliphatic rings. The summed E-state index contributed by atoms with van der Waals surface area (Å²) in [6, 6.07) is 0.0245. The van der Waals surface area contributed by atoms with Crippen LogP contribution in [-0.4, -0.2) is 47.7 Å². The molecule has 5 heteroatoms. The second-order valence-electron chi connectivity index (χ2n) is 5.57. The summed E-state index contributed by atoms with van der Waals surface area (Å²) in [5.74, 6) is -1.09. The van der Waals surface area contributed by atoms with E-state index in [1.54, 1.807) is 11.8 Å². The van der Waals surface area contributed by atoms with Crippen molar-refractivity contribution in [2.24, 2.45) is 11.3 Å². The molecule has 1 fully saturated rings. The molecule has 1 aliphatic heterocycles. The van der Waals surface area contributed by atoms with E-state index in [1.807, 2.05) is 20.8 Å². The summed E-state index contributed by atoms with van der Waals surface area (Å²) in [5, 5.41) is 9.32. The molecule has 5 nitrogen and oxygen atoms in total. The molecule has 1 saturated heterocycles. The van der Waals surface area contributed by atoms with Gasteiger partial charge in [0.05, 0.1) is 24.7 Å². The summed E-state index contributed by atoms with van der Waals surface area (Å²) in [5.41, 5.74) is -1.00. The lowest BCUT2D eigenvalue weighted by atomic mass is 9.76. The van der Waals surface area contributed by atoms with Crippen molar-refractivity contribution in [3.05, 3.63) is 0 Å². The van der Waals surface area contributed by atoms with Crippen LogP contribution in [0.15, 0.2) is 0 Å². The number of aliphatic carboxylic acids is 1. The SMILES string of the molecule is CC(C)C(C)(CC(=O)N1CCOC[C@H]1C)C(=O)O. The third-order valence-corrected chi connectivity index (χ3v) is 3.97. The molecule has 0 saturated carbocycles. The highest BCUT2D eigenvalue weighted by Gasteiger charge is 2.40. The van der Waals surface area contributed by atoms with Crippen molar-refractivity contribution < 1.29 is 19.4 Å². The first-order chi connectivity index (χ1) is 8.29. The normalized spacial score (nSPS) is 23.8. The number of carbonyl (C=O) groups is 2. The molecule has 0 bridgehead atoms. The molecule has 0 aromatic carbocycles. The van der Waals surface area contributed by atoms with Gasteiger partial charge in [0.2, 0.25) is 5.91 Å². The zero-order valence-corrected chi connectivity index (χ0v) is 11.6. The Morgan fingerprint density at radius 2 is 2.11 bits per heavy atom. The Bertz CT molecular complexity index is 329. The average Bonchev–Trinajstić information content (AvgIpc) is 2.28. The third kappa shape index (κ3) is 3.02. The van der Waals surface area contributed by atoms with Crippen LogP contribution < -0.4 is 0 Å². The number of hydrogen-bond donors (Lipinski definition) is 1. The maximum atomic E-state index is 12.2. The fraction of sp³-hybridized carbons (Fsp3) is 0.846. The van der Waals surface area contributed by atoms with Gasteiger partial charge in [-0.1, -0.05) is 13.8 Å². The fourth-order valence-corrected chi connectivity index (χ4v) is 2.04. The number of carbonyl (C=O) groups excluding carboxylic acids is 1. The van der Waals surface area contributed by atoms with Gasteiger partial charge in [-0.15, -0.1) is 0 Å². The van der Waals surface area contributed by atoms with Crippen molar-refractivity contribution in [2.75, 3.05) is 19.8 Å². The van der Waals surface area contributed by atoms with Crippen molar-refractivity contribution >= 4 is 11.9 Å². The maximum absolute atomic E-state index is 12.2. The standard InChI is InChI=1S/C13H23NO4/c1-9(2)13(4,12(16)17)7-11(15)14-5-6-18-8-10(14)3/h9-10H,5-8H2,1-4H3,(H,16,17)/t10-,13?/m1/s1. The molecule has 18 heavy (non-hydrogen) atoms. The van der Waals surface area contributed by atoms with E-state index >= 15 is 0 Å². The number of rotatable bonds is 4. The van der Waals surface area contributed by atoms with E-state index in [0.717, 1.165) is 0 Å². The Hall–Kier alpha value is -1.10. The number of carboxylic acids is 1. The van der Waals surface area contributed by atoms with Crippen LogP contribution in [0.4, 0.5) is 0 Å². The third-order valence-electron chi connectivity index (χ3n) is 3.97. The second kappa shape index (κ2) is 5.69. The van der Waals surface area contributed by atoms with Gasteiger partial charge in [-0.25, -0.2) is 0 Å². The van der Waals surface area contributed by atoms with E-state index < -0.39 is 11.4 Å². The van der Waals surface area contributed by atoms with Crippen LogP contribution in [0.2, 0.25) is 0 Å². The lowest BCUT2D eigenvalue weighted by molar-refractivity contribution is -0.157. The smallest absolute Gasteiger partial charge is 0.310 e. The Balaban J connectivity index is 2.75. The minimum Gasteiger partial charge on any atom is -0.481 e. The Morgan fingerprint density at radius 1 is 1.50 bits per heavy atom. The number of hydrogen-bond acceptors (Lipinski definition) is 3. The Morgan fingerprint density at radius 3 is 2.56 bits per heavy atom. The molecule has 1 unspecified atom stereocenters. The zero-order valence-electron chi connectivity index (χ0n) is 11.6. The van der Waals surface area contributed by atoms with Gasteiger partial charge in [-0.3, -0.25) is 9.59 Å². The lowest BCUT2D eigenvalue weighted by Gasteiger charge is -2.36. The number of amides is 1. The van der Waals surface area contributed by atoms with Gasteiger partial charge >= 0.3 is 5.97 Å². The molecule has 1 N–H and O–H groups in total. The topological polar surface area (TPSA) is 66.8 Å². The van der Waals surface area contributed by atoms with E-state index in [-0.39, 0.29) is 24.3 Å². The number of carboxylic acid groups (broad SMARTS) is 1. The number of nitrogens with zero attached hydrogens (tertiary/aromatic N) is 1. The highest BCUT2D eigenvalue weighted by Crippen LogP contribution is 2.32. The highest BCUT2D eigenvalue weighted by molar-refractivity contribution is 5.85. The van der Waals surface area contributed by atoms with Gasteiger partial charge in [0.15, 0.2) is 0 Å². The van der Waals surface area contributed by atoms with Crippen LogP contribution in [0.5, 0.6) is 0 Å². The summed E-state index contributed by atoms with van der Waals surface area (Å²) in [6.07, 6.45) is 0.0460. The van der Waals surface area contributed by atoms with E-state index in [2.05, 4.69) is 0 Å². The summed E-state index contributed by atoms with van der Waals surface area (Å²) < 4.78 is 5.28. The first-order valence-corrected chi connectivity index (χ1v) is 6.39. The fourth-order valence-electron chi connectivity index (χ4n) is 2.04. The van der Waals surface area contributed by atoms with Crippen molar-refractivity contribution in [3.8, 4) is 0 Å². The highest BCUT2D eigenvalue weighted by atomic mass is 16.5. The lowest BCUT2D eigenvalue weighted by Crippen LogP contribution is -2.49. The second-order valence-corrected chi connectivity index (χ2v) is 5.57. The molecule has 0 aliphatic carbocycles. The molecule has 1 amide bonds. The van der Waals surface area contributed by atoms with Crippen LogP contribution in [-0.2, 0) is 14.3 Å². The van der Waals surface area contributed by atoms with Crippen LogP contribution in [0, 0.1) is 11.3 Å². The molecular weight excluding hydrogens is 234 g/mol. The average molecular weight is 257 g/mol. The van der Waals surface area contributed by atoms with Crippen LogP contribution >= 0.6 is 0 Å². The van der Waals surface area contributed by atoms with Gasteiger partial charge < -0.3 is 14.7 Å². The van der Waals surface area contributed by atoms with Gasteiger partial charge in [-0.2, -0.15) is 0 Å². The quantitative estimate of drug-likeness (QED) is 0.826. The largest absolute Gasteiger partial charge is 0.481 e. The van der Waals surface area contributed by atoms with E-state index in [4.69, 9.17) is 4.74 Å². The van der Waals surface area contributed by atoms with Gasteiger partial charge in [-0.05, 0) is 19.8 Å². The molecule has 0 aromatic rings. The minimum atomic E-state index is -1.00. The van der Waals surface area contributed by atoms with Crippen molar-refractivity contribution in [1.29, 1.82) is 0 Å². The monoisotopic (exact) mass is 257 g/mol. The molecule has 0 aromatic heterocycles. The first kappa shape index (κ1) is 15.0. The molecule has 104 valence electrons. The Labute approximate surface area is 108 Å². The van der Waals surface area contributed by atoms with Gasteiger partial charge in [0, 0.05) is 13.0 Å². The van der Waals surface area contributed by atoms with E-state index in [1.165, 1.54) is 0 Å². The van der Waals surface area contributed by atoms with Gasteiger partial charge in [0.25, 0.3) is 0 Å². The minimum absolute atomic E-state index is 0.0245. The summed E-state index contributed by atoms with van der Waals surface area (Å²) in [6.45, 7) is 8.84. The molecule has 0 spiro atoms. The molecular formula is C13H23NO4.